The molecule has 4 aliphatic heterocycles. The molecule has 0 bridgehead atoms. The molecule has 0 spiro atoms. The molecule has 42 nitrogen and oxygen atoms in total. The number of thiol groups is 1. The van der Waals surface area contributed by atoms with Crippen LogP contribution in [0.15, 0.2) is 104 Å². The summed E-state index contributed by atoms with van der Waals surface area (Å²) in [4.78, 5) is 155. The summed E-state index contributed by atoms with van der Waals surface area (Å²) < 4.78 is 61.1. The van der Waals surface area contributed by atoms with E-state index in [0.717, 1.165) is 16.7 Å². The van der Waals surface area contributed by atoms with Crippen LogP contribution in [-0.2, 0) is 134 Å². The number of benzene rings is 3. The van der Waals surface area contributed by atoms with Crippen LogP contribution in [0.1, 0.15) is 112 Å². The fourth-order valence-corrected chi connectivity index (χ4v) is 13.5. The number of ether oxygens (including phenoxy) is 11. The smallest absolute Gasteiger partial charge is 0.311 e. The minimum atomic E-state index is -1.53. The molecule has 43 heteroatoms. The number of hydrogen-bond donors (Lipinski definition) is 19. The predicted molar refractivity (Wildman–Crippen MR) is 468 cm³/mol. The topological polar surface area (TPSA) is 659 Å². The van der Waals surface area contributed by atoms with Gasteiger partial charge in [-0.25, -0.2) is 0 Å². The number of nitrogens with one attached hydrogen (secondary N) is 7. The summed E-state index contributed by atoms with van der Waals surface area (Å²) >= 11 is 3.84. The quantitative estimate of drug-likeness (QED) is 0.0113. The van der Waals surface area contributed by atoms with E-state index >= 15 is 0 Å². The first kappa shape index (κ1) is 113. The molecule has 0 radical (unpaired) electrons. The number of aliphatic hydroxyl groups excluding tert-OH is 6. The van der Waals surface area contributed by atoms with E-state index in [2.05, 4.69) is 56.4 Å². The number of rotatable bonds is 44. The highest BCUT2D eigenvalue weighted by Gasteiger charge is 2.49. The standard InChI is InChI=1S/C26H39N3O7.C21H32N4O8.C20H30N4O8S.C20H33NO7/c1-6-22(31)29-23-17(4)16(3)21(14-34-18(5)30)36-26(23)35-13-15(2)25(33)28-20(24(27)32)12-19-10-8-7-9-11-19;1-2-15(27)25-16-18(29)17(28)14(9-26)33-21(16)32-10-12(22)20(31)24-13(19(23)30)8-11-6-4-3-5-7-11;21-11(19(30)23-12(18(22)29)6-10-4-2-1-3-5-10)8-31-20-15(24-14(26)9-33)17(28)16(27)13(7-25)32-20;1-7-9-25-19(24)12(3)10-27-20-18(21-17(23)8-2)14(5)13(4)16(28-20)11-26-15(6)22/h7-11,15-17,20-21,23,26H,6,12-14H2,1-5H3,(H2,27,32)(H,28,33)(H,29,31);3-7,12-14,16-18,21,26,28-29H,2,8-10,22H2,1H3,(H2,23,30)(H,24,31)(H,25,27);1-5,11-13,15-17,20,25,27-28,33H,6-9,21H2,(H2,22,29)(H,23,30)(H,24,26);7,12-14,16,18,20H,1,8-11H2,2-6H3,(H,21,23)/t15-,16-,17?,20-,21?,23-,26?;12-,13-,14?,16-,17+,18?,21?;11-,12-,13?,15-,16+,17?,20?;12-,13-,14?,16?,18-,20?/m0000/s1. The van der Waals surface area contributed by atoms with E-state index in [0.29, 0.717) is 12.8 Å². The van der Waals surface area contributed by atoms with Gasteiger partial charge in [0.05, 0.1) is 81.5 Å². The van der Waals surface area contributed by atoms with Crippen molar-refractivity contribution in [1.29, 1.82) is 0 Å². The largest absolute Gasteiger partial charge is 0.463 e. The Morgan fingerprint density at radius 3 is 1.04 bits per heavy atom. The fraction of sp³-hybridized carbons (Fsp3) is 0.621. The molecule has 0 aliphatic carbocycles. The molecule has 130 heavy (non-hydrogen) atoms. The zero-order valence-corrected chi connectivity index (χ0v) is 76.1. The van der Waals surface area contributed by atoms with Crippen molar-refractivity contribution < 1.29 is 145 Å². The van der Waals surface area contributed by atoms with Gasteiger partial charge in [-0.3, -0.25) is 62.3 Å². The maximum atomic E-state index is 12.8. The second-order valence-electron chi connectivity index (χ2n) is 31.9. The van der Waals surface area contributed by atoms with Crippen LogP contribution in [0.25, 0.3) is 0 Å². The Labute approximate surface area is 761 Å². The van der Waals surface area contributed by atoms with E-state index in [-0.39, 0.29) is 118 Å². The molecule has 27 atom stereocenters. The van der Waals surface area contributed by atoms with Gasteiger partial charge in [0.2, 0.25) is 59.1 Å². The lowest BCUT2D eigenvalue weighted by Gasteiger charge is -2.44. The Balaban J connectivity index is 0.000000364. The van der Waals surface area contributed by atoms with Crippen molar-refractivity contribution in [1.82, 2.24) is 37.2 Å². The second kappa shape index (κ2) is 58.2. The van der Waals surface area contributed by atoms with Crippen molar-refractivity contribution in [2.45, 2.75) is 243 Å². The molecule has 4 aliphatic rings. The van der Waals surface area contributed by atoms with Gasteiger partial charge in [0.25, 0.3) is 0 Å². The van der Waals surface area contributed by atoms with Crippen LogP contribution < -0.4 is 65.9 Å². The number of nitrogens with two attached hydrogens (primary N) is 5. The van der Waals surface area contributed by atoms with Crippen LogP contribution in [0.4, 0.5) is 0 Å². The zero-order valence-electron chi connectivity index (χ0n) is 75.2. The molecule has 0 aromatic heterocycles. The normalized spacial score (nSPS) is 26.6. The highest BCUT2D eigenvalue weighted by molar-refractivity contribution is 7.81. The maximum absolute atomic E-state index is 12.8. The van der Waals surface area contributed by atoms with Crippen LogP contribution in [-0.4, -0.2) is 301 Å². The molecule has 23 N–H and O–H groups in total. The first-order valence-corrected chi connectivity index (χ1v) is 43.5. The van der Waals surface area contributed by atoms with Gasteiger partial charge >= 0.3 is 17.9 Å². The average Bonchev–Trinajstić information content (AvgIpc) is 0.812. The molecule has 4 saturated heterocycles. The number of amides is 10. The van der Waals surface area contributed by atoms with Crippen molar-refractivity contribution in [2.24, 2.45) is 64.2 Å². The van der Waals surface area contributed by atoms with Crippen LogP contribution >= 0.6 is 12.6 Å². The van der Waals surface area contributed by atoms with Crippen LogP contribution in [0, 0.1) is 35.5 Å². The van der Waals surface area contributed by atoms with Gasteiger partial charge in [-0.15, -0.1) is 0 Å². The lowest BCUT2D eigenvalue weighted by Crippen LogP contribution is -2.65. The number of aliphatic hydroxyl groups is 6. The Bertz CT molecular complexity index is 3920. The van der Waals surface area contributed by atoms with Gasteiger partial charge in [-0.2, -0.15) is 12.6 Å². The molecular formula is C87H134N12O30S. The summed E-state index contributed by atoms with van der Waals surface area (Å²) in [6, 6.07) is 18.6. The van der Waals surface area contributed by atoms with E-state index in [4.69, 9.17) is 80.8 Å². The first-order chi connectivity index (χ1) is 61.6. The Kier molecular flexibility index (Phi) is 50.4. The molecule has 3 aromatic rings. The van der Waals surface area contributed by atoms with E-state index < -0.39 is 214 Å². The third-order valence-electron chi connectivity index (χ3n) is 21.8. The molecule has 3 aromatic carbocycles. The van der Waals surface area contributed by atoms with Gasteiger partial charge in [0.15, 0.2) is 25.2 Å². The minimum Gasteiger partial charge on any atom is -0.463 e. The van der Waals surface area contributed by atoms with Crippen molar-refractivity contribution >= 4 is 89.6 Å². The van der Waals surface area contributed by atoms with Gasteiger partial charge in [0.1, 0.15) is 98.7 Å². The van der Waals surface area contributed by atoms with Crippen molar-refractivity contribution in [3.63, 3.8) is 0 Å². The number of esters is 3. The van der Waals surface area contributed by atoms with Crippen molar-refractivity contribution in [2.75, 3.05) is 65.2 Å². The summed E-state index contributed by atoms with van der Waals surface area (Å²) in [6.07, 6.45) is -10.5. The second-order valence-corrected chi connectivity index (χ2v) is 32.2. The number of hydrogen-bond acceptors (Lipinski definition) is 33. The fourth-order valence-electron chi connectivity index (χ4n) is 13.4. The van der Waals surface area contributed by atoms with Crippen LogP contribution in [0.5, 0.6) is 0 Å². The van der Waals surface area contributed by atoms with E-state index in [1.807, 2.05) is 70.2 Å². The molecule has 0 saturated carbocycles. The summed E-state index contributed by atoms with van der Waals surface area (Å²) in [5.74, 6) is -7.77. The molecule has 4 fully saturated rings. The van der Waals surface area contributed by atoms with Gasteiger partial charge in [0, 0.05) is 52.4 Å². The van der Waals surface area contributed by atoms with Crippen LogP contribution in [0.3, 0.4) is 0 Å². The summed E-state index contributed by atoms with van der Waals surface area (Å²) in [5, 5.41) is 78.0. The van der Waals surface area contributed by atoms with Gasteiger partial charge in [-0.1, -0.05) is 159 Å². The minimum absolute atomic E-state index is 0.0119. The Morgan fingerprint density at radius 1 is 0.431 bits per heavy atom. The molecule has 7 rings (SSSR count). The number of carbonyl (C=O) groups is 13. The van der Waals surface area contributed by atoms with E-state index in [1.54, 1.807) is 83.1 Å². The van der Waals surface area contributed by atoms with Gasteiger partial charge < -0.3 is 149 Å². The Morgan fingerprint density at radius 2 is 0.731 bits per heavy atom. The lowest BCUT2D eigenvalue weighted by molar-refractivity contribution is -0.270. The summed E-state index contributed by atoms with van der Waals surface area (Å²) in [5.41, 5.74) is 30.5. The summed E-state index contributed by atoms with van der Waals surface area (Å²) in [7, 11) is 0. The molecular weight excluding hydrogens is 1730 g/mol. The Hall–Kier alpha value is -9.78. The highest BCUT2D eigenvalue weighted by atomic mass is 32.1. The average molecular weight is 1860 g/mol. The molecule has 4 heterocycles. The summed E-state index contributed by atoms with van der Waals surface area (Å²) in [6.45, 7) is 20.8. The SMILES string of the molecule is C=CCOC(=O)[C@@H](C)COC1OC(COC(C)=O)[C@@H](C)C(C)[C@@H]1NC(=O)CC.CCC(=O)N[C@@H]1C(OC[C@H](C)C(=O)N[C@@H](Cc2ccccc2)C(N)=O)OC(COC(C)=O)[C@@H](C)C1C.CCC(=O)N[C@@H]1C(OC[C@H](N)C(=O)N[C@@H](Cc2ccccc2)C(N)=O)OC(CO)[C@@H](O)C1O.NC(=O)[C@H](Cc1ccccc1)NC(=O)[C@@H](N)COC1OC(CO)[C@@H](O)C(O)[C@@H]1NC(=O)CS. The van der Waals surface area contributed by atoms with Gasteiger partial charge in [-0.05, 0) is 47.3 Å². The van der Waals surface area contributed by atoms with Crippen LogP contribution in [0.2, 0.25) is 0 Å². The number of carbonyl (C=O) groups excluding carboxylic acids is 13. The zero-order chi connectivity index (χ0) is 97.2. The third-order valence-corrected chi connectivity index (χ3v) is 22.1. The monoisotopic (exact) mass is 1860 g/mol. The van der Waals surface area contributed by atoms with Crippen molar-refractivity contribution in [3.8, 4) is 0 Å². The maximum Gasteiger partial charge on any atom is 0.311 e. The highest BCUT2D eigenvalue weighted by Crippen LogP contribution is 2.35. The predicted octanol–water partition coefficient (Wildman–Crippen LogP) is -3.60. The lowest BCUT2D eigenvalue weighted by atomic mass is 9.82. The molecule has 10 amide bonds. The number of primary amides is 3. The van der Waals surface area contributed by atoms with E-state index in [1.165, 1.54) is 19.9 Å². The molecule has 12 unspecified atom stereocenters. The van der Waals surface area contributed by atoms with E-state index in [9.17, 15) is 93.0 Å². The molecule has 728 valence electrons. The first-order valence-electron chi connectivity index (χ1n) is 42.9. The third kappa shape index (κ3) is 37.5. The van der Waals surface area contributed by atoms with Crippen molar-refractivity contribution in [3.05, 3.63) is 120 Å².